The van der Waals surface area contributed by atoms with Gasteiger partial charge in [0.05, 0.1) is 59.8 Å². The Labute approximate surface area is 334 Å². The van der Waals surface area contributed by atoms with Gasteiger partial charge in [0.25, 0.3) is 0 Å². The zero-order valence-electron chi connectivity index (χ0n) is 33.3. The van der Waals surface area contributed by atoms with E-state index in [-0.39, 0.29) is 42.7 Å². The van der Waals surface area contributed by atoms with Crippen molar-refractivity contribution in [2.75, 3.05) is 57.5 Å². The Morgan fingerprint density at radius 3 is 2.74 bits per heavy atom. The SMILES string of the molecule is Cn1nc(-c2c3cnn(C4CCCCO4)c3cc3ccc(F)c(C4CC4)c23)c2c1c1c(N3CCOC[C@@](C)(O)C3)nc(OC[C@@]34CCCN3C/C(=C\F)C4)nc1n2C. The van der Waals surface area contributed by atoms with E-state index in [0.717, 1.165) is 113 Å². The van der Waals surface area contributed by atoms with Crippen molar-refractivity contribution < 1.29 is 28.1 Å². The highest BCUT2D eigenvalue weighted by atomic mass is 19.1. The van der Waals surface area contributed by atoms with Gasteiger partial charge in [-0.15, -0.1) is 0 Å². The minimum Gasteiger partial charge on any atom is -0.461 e. The summed E-state index contributed by atoms with van der Waals surface area (Å²) in [7, 11) is 3.91. The summed E-state index contributed by atoms with van der Waals surface area (Å²) >= 11 is 0. The van der Waals surface area contributed by atoms with E-state index in [0.29, 0.717) is 56.5 Å². The molecule has 15 heteroatoms. The topological polar surface area (TPSA) is 121 Å². The van der Waals surface area contributed by atoms with Crippen molar-refractivity contribution in [1.29, 1.82) is 0 Å². The summed E-state index contributed by atoms with van der Waals surface area (Å²) in [5, 5.41) is 25.1. The Morgan fingerprint density at radius 1 is 1.05 bits per heavy atom. The van der Waals surface area contributed by atoms with Crippen LogP contribution in [0.25, 0.3) is 55.0 Å². The third-order valence-electron chi connectivity index (χ3n) is 13.3. The van der Waals surface area contributed by atoms with Crippen molar-refractivity contribution in [3.05, 3.63) is 47.7 Å². The van der Waals surface area contributed by atoms with Crippen molar-refractivity contribution >= 4 is 49.6 Å². The van der Waals surface area contributed by atoms with Crippen molar-refractivity contribution in [2.24, 2.45) is 14.1 Å². The van der Waals surface area contributed by atoms with Gasteiger partial charge in [-0.05, 0) is 105 Å². The second kappa shape index (κ2) is 13.4. The molecule has 58 heavy (non-hydrogen) atoms. The molecule has 4 aromatic heterocycles. The highest BCUT2D eigenvalue weighted by molar-refractivity contribution is 6.20. The number of rotatable bonds is 7. The van der Waals surface area contributed by atoms with E-state index in [1.165, 1.54) is 0 Å². The van der Waals surface area contributed by atoms with E-state index >= 15 is 4.39 Å². The lowest BCUT2D eigenvalue weighted by molar-refractivity contribution is -0.0366. The monoisotopic (exact) mass is 793 g/mol. The van der Waals surface area contributed by atoms with E-state index in [1.807, 2.05) is 40.3 Å². The van der Waals surface area contributed by atoms with Crippen LogP contribution in [-0.2, 0) is 23.6 Å². The van der Waals surface area contributed by atoms with E-state index in [9.17, 15) is 9.50 Å². The molecule has 1 saturated carbocycles. The first-order chi connectivity index (χ1) is 28.1. The van der Waals surface area contributed by atoms with E-state index in [4.69, 9.17) is 34.4 Å². The average Bonchev–Trinajstić information content (AvgIpc) is 3.44. The Kier molecular flexibility index (Phi) is 8.41. The number of nitrogens with zero attached hydrogens (tertiary/aromatic N) is 9. The molecule has 1 aliphatic carbocycles. The first-order valence-corrected chi connectivity index (χ1v) is 20.8. The van der Waals surface area contributed by atoms with Crippen LogP contribution in [0, 0.1) is 5.82 Å². The third-order valence-corrected chi connectivity index (χ3v) is 13.3. The van der Waals surface area contributed by atoms with Gasteiger partial charge >= 0.3 is 6.01 Å². The number of benzene rings is 2. The molecule has 8 heterocycles. The van der Waals surface area contributed by atoms with Gasteiger partial charge in [0.2, 0.25) is 0 Å². The Balaban J connectivity index is 1.15. The second-order valence-electron chi connectivity index (χ2n) is 17.6. The molecule has 0 spiro atoms. The van der Waals surface area contributed by atoms with Crippen LogP contribution in [0.3, 0.4) is 0 Å². The van der Waals surface area contributed by atoms with Crippen molar-refractivity contribution in [1.82, 2.24) is 39.0 Å². The number of aliphatic hydroxyl groups is 1. The fraction of sp³-hybridized carbons (Fsp3) is 0.535. The normalized spacial score (nSPS) is 26.6. The second-order valence-corrected chi connectivity index (χ2v) is 17.6. The van der Waals surface area contributed by atoms with Crippen molar-refractivity contribution in [2.45, 2.75) is 81.6 Å². The van der Waals surface area contributed by atoms with Crippen LogP contribution in [0.5, 0.6) is 6.01 Å². The number of aromatic nitrogens is 7. The number of β-amino-alcohol motifs (C(OH)–C–C–N with tert-alkyl or cyclic N) is 1. The molecule has 0 radical (unpaired) electrons. The zero-order valence-corrected chi connectivity index (χ0v) is 33.3. The van der Waals surface area contributed by atoms with E-state index in [1.54, 1.807) is 13.0 Å². The first kappa shape index (κ1) is 36.4. The summed E-state index contributed by atoms with van der Waals surface area (Å²) in [6.45, 7) is 5.64. The molecule has 4 aliphatic heterocycles. The largest absolute Gasteiger partial charge is 0.461 e. The smallest absolute Gasteiger partial charge is 0.320 e. The predicted octanol–water partition coefficient (Wildman–Crippen LogP) is 6.80. The summed E-state index contributed by atoms with van der Waals surface area (Å²) in [6.07, 6.45) is 9.81. The maximum Gasteiger partial charge on any atom is 0.320 e. The van der Waals surface area contributed by atoms with Crippen LogP contribution in [0.4, 0.5) is 14.6 Å². The molecule has 0 amide bonds. The molecule has 3 atom stereocenters. The Morgan fingerprint density at radius 2 is 1.93 bits per heavy atom. The minimum atomic E-state index is -1.14. The fourth-order valence-corrected chi connectivity index (χ4v) is 10.5. The lowest BCUT2D eigenvalue weighted by Crippen LogP contribution is -2.44. The maximum atomic E-state index is 16.1. The van der Waals surface area contributed by atoms with Crippen LogP contribution < -0.4 is 9.64 Å². The summed E-state index contributed by atoms with van der Waals surface area (Å²) in [5.74, 6) is 0.535. The van der Waals surface area contributed by atoms with Gasteiger partial charge in [-0.1, -0.05) is 6.07 Å². The van der Waals surface area contributed by atoms with Crippen LogP contribution in [0.2, 0.25) is 0 Å². The molecule has 304 valence electrons. The molecule has 6 aromatic rings. The summed E-state index contributed by atoms with van der Waals surface area (Å²) in [6, 6.07) is 5.82. The molecule has 0 bridgehead atoms. The molecule has 1 unspecified atom stereocenters. The minimum absolute atomic E-state index is 0.130. The Hall–Kier alpha value is -4.70. The molecular weight excluding hydrogens is 745 g/mol. The lowest BCUT2D eigenvalue weighted by Gasteiger charge is -2.31. The molecule has 11 rings (SSSR count). The molecule has 1 N–H and O–H groups in total. The Bertz CT molecular complexity index is 2660. The number of anilines is 1. The van der Waals surface area contributed by atoms with Gasteiger partial charge in [-0.2, -0.15) is 20.2 Å². The van der Waals surface area contributed by atoms with Crippen LogP contribution in [0.1, 0.15) is 76.0 Å². The predicted molar refractivity (Wildman–Crippen MR) is 216 cm³/mol. The third kappa shape index (κ3) is 5.67. The standard InChI is InChI=1S/C43H49F2N9O4/c1-42(55)22-52(14-16-56-23-42)40-35-37-38(50(2)39(35)47-41(48-40)58-24-43-12-6-13-53(43)21-25(18-43)19-44)36(49-51(37)3)34-28-20-46-54(31-7-4-5-15-57-31)30(28)17-27-10-11-29(45)32(33(27)34)26-8-9-26/h10-11,17,19-20,26,31,55H,4-9,12-16,18,21-24H2,1-3H3/b25-19-/t31?,42-,43-/m0/s1. The van der Waals surface area contributed by atoms with E-state index < -0.39 is 5.60 Å². The fourth-order valence-electron chi connectivity index (χ4n) is 10.5. The number of halogens is 2. The number of ether oxygens (including phenoxy) is 3. The molecular formula is C43H49F2N9O4. The van der Waals surface area contributed by atoms with Gasteiger partial charge < -0.3 is 28.8 Å². The van der Waals surface area contributed by atoms with Crippen LogP contribution >= 0.6 is 0 Å². The summed E-state index contributed by atoms with van der Waals surface area (Å²) < 4.78 is 54.5. The van der Waals surface area contributed by atoms with Crippen molar-refractivity contribution in [3.63, 3.8) is 0 Å². The maximum absolute atomic E-state index is 16.1. The van der Waals surface area contributed by atoms with Crippen molar-refractivity contribution in [3.8, 4) is 17.3 Å². The molecule has 5 aliphatic rings. The zero-order chi connectivity index (χ0) is 39.5. The highest BCUT2D eigenvalue weighted by Gasteiger charge is 2.47. The molecule has 2 aromatic carbocycles. The molecule has 4 saturated heterocycles. The van der Waals surface area contributed by atoms with Crippen LogP contribution in [-0.4, -0.2) is 108 Å². The summed E-state index contributed by atoms with van der Waals surface area (Å²) in [4.78, 5) is 14.6. The van der Waals surface area contributed by atoms with Crippen LogP contribution in [0.15, 0.2) is 36.3 Å². The van der Waals surface area contributed by atoms with E-state index in [2.05, 4.69) is 15.9 Å². The quantitative estimate of drug-likeness (QED) is 0.185. The summed E-state index contributed by atoms with van der Waals surface area (Å²) in [5.41, 5.74) is 4.79. The first-order valence-electron chi connectivity index (χ1n) is 20.8. The number of aryl methyl sites for hydroxylation is 2. The van der Waals surface area contributed by atoms with Gasteiger partial charge in [0.1, 0.15) is 29.5 Å². The number of hydrogen-bond donors (Lipinski definition) is 1. The average molecular weight is 794 g/mol. The van der Waals surface area contributed by atoms with Gasteiger partial charge in [0, 0.05) is 44.7 Å². The van der Waals surface area contributed by atoms with Gasteiger partial charge in [-0.25, -0.2) is 13.5 Å². The van der Waals surface area contributed by atoms with Gasteiger partial charge in [0.15, 0.2) is 11.9 Å². The number of hydrogen-bond acceptors (Lipinski definition) is 10. The van der Waals surface area contributed by atoms with Gasteiger partial charge in [-0.3, -0.25) is 9.58 Å². The highest BCUT2D eigenvalue weighted by Crippen LogP contribution is 2.51. The molecule has 13 nitrogen and oxygen atoms in total. The molecule has 5 fully saturated rings. The number of fused-ring (bicyclic) bond motifs is 6. The lowest BCUT2D eigenvalue weighted by atomic mass is 9.91.